The summed E-state index contributed by atoms with van der Waals surface area (Å²) in [5.41, 5.74) is 1.60. The second-order valence-electron chi connectivity index (χ2n) is 11.2. The lowest BCUT2D eigenvalue weighted by molar-refractivity contribution is -0.0931. The molecule has 0 radical (unpaired) electrons. The summed E-state index contributed by atoms with van der Waals surface area (Å²) < 4.78 is 25.9. The minimum absolute atomic E-state index is 0.0453. The molecule has 3 heterocycles. The van der Waals surface area contributed by atoms with Crippen LogP contribution >= 0.6 is 0 Å². The van der Waals surface area contributed by atoms with Gasteiger partial charge in [-0.1, -0.05) is 54.6 Å². The first-order chi connectivity index (χ1) is 22.3. The largest absolute Gasteiger partial charge is 0.497 e. The lowest BCUT2D eigenvalue weighted by Gasteiger charge is -2.37. The molecule has 0 amide bonds. The number of hydrogen-bond donors (Lipinski definition) is 2. The van der Waals surface area contributed by atoms with Crippen LogP contribution in [0.5, 0.6) is 11.5 Å². The summed E-state index contributed by atoms with van der Waals surface area (Å²) in [4.78, 5) is 30.1. The fourth-order valence-electron chi connectivity index (χ4n) is 5.67. The normalized spacial score (nSPS) is 18.3. The number of rotatable bonds is 11. The highest BCUT2D eigenvalue weighted by atomic mass is 16.6. The minimum atomic E-state index is -1.07. The van der Waals surface area contributed by atoms with E-state index < -0.39 is 29.6 Å². The summed E-state index contributed by atoms with van der Waals surface area (Å²) in [7, 11) is 6.88. The molecule has 12 heteroatoms. The van der Waals surface area contributed by atoms with Crippen molar-refractivity contribution < 1.29 is 24.1 Å². The number of aromatic nitrogens is 4. The average Bonchev–Trinajstić information content (AvgIpc) is 3.68. The quantitative estimate of drug-likeness (QED) is 0.127. The molecule has 2 N–H and O–H groups in total. The first-order valence-corrected chi connectivity index (χ1v) is 14.8. The fraction of sp³-hybridized carbons (Fsp3) is 0.294. The Hall–Kier alpha value is -5.04. The molecule has 1 aliphatic heterocycles. The summed E-state index contributed by atoms with van der Waals surface area (Å²) in [6.07, 6.45) is 1.08. The van der Waals surface area contributed by atoms with Crippen molar-refractivity contribution in [3.63, 3.8) is 0 Å². The van der Waals surface area contributed by atoms with E-state index in [0.29, 0.717) is 17.1 Å². The van der Waals surface area contributed by atoms with Crippen LogP contribution in [0.2, 0.25) is 0 Å². The molecular formula is C34H36N6O6. The maximum atomic E-state index is 12.7. The smallest absolute Gasteiger partial charge is 0.280 e. The van der Waals surface area contributed by atoms with Crippen LogP contribution in [-0.4, -0.2) is 83.0 Å². The van der Waals surface area contributed by atoms with Gasteiger partial charge in [-0.15, -0.1) is 0 Å². The van der Waals surface area contributed by atoms with Crippen molar-refractivity contribution >= 4 is 23.5 Å². The van der Waals surface area contributed by atoms with Gasteiger partial charge in [0.05, 0.1) is 39.6 Å². The fourth-order valence-corrected chi connectivity index (χ4v) is 5.67. The number of hydrogen-bond acceptors (Lipinski definition) is 9. The number of methoxy groups -OCH3 is 2. The van der Waals surface area contributed by atoms with Gasteiger partial charge in [-0.3, -0.25) is 14.3 Å². The van der Waals surface area contributed by atoms with E-state index in [1.807, 2.05) is 93.0 Å². The predicted octanol–water partition coefficient (Wildman–Crippen LogP) is 4.02. The summed E-state index contributed by atoms with van der Waals surface area (Å²) in [6.45, 7) is 0.0453. The molecule has 0 saturated carbocycles. The second kappa shape index (κ2) is 13.1. The lowest BCUT2D eigenvalue weighted by Crippen LogP contribution is -2.38. The van der Waals surface area contributed by atoms with Crippen molar-refractivity contribution in [1.82, 2.24) is 24.4 Å². The van der Waals surface area contributed by atoms with E-state index in [0.717, 1.165) is 16.7 Å². The second-order valence-corrected chi connectivity index (χ2v) is 11.2. The third kappa shape index (κ3) is 5.97. The molecule has 0 aliphatic carbocycles. The van der Waals surface area contributed by atoms with Crippen LogP contribution in [0.4, 0.5) is 5.95 Å². The Balaban J connectivity index is 1.35. The topological polar surface area (TPSA) is 136 Å². The number of nitrogens with one attached hydrogen (secondary N) is 1. The Bertz CT molecular complexity index is 1810. The third-order valence-corrected chi connectivity index (χ3v) is 7.98. The van der Waals surface area contributed by atoms with Gasteiger partial charge in [0.2, 0.25) is 5.95 Å². The predicted molar refractivity (Wildman–Crippen MR) is 173 cm³/mol. The summed E-state index contributed by atoms with van der Waals surface area (Å²) in [6, 6.07) is 25.4. The Kier molecular flexibility index (Phi) is 8.84. The highest BCUT2D eigenvalue weighted by Gasteiger charge is 2.42. The van der Waals surface area contributed by atoms with E-state index in [9.17, 15) is 9.90 Å². The van der Waals surface area contributed by atoms with Crippen LogP contribution in [0.25, 0.3) is 11.2 Å². The number of aromatic amines is 1. The van der Waals surface area contributed by atoms with Crippen molar-refractivity contribution in [1.29, 1.82) is 0 Å². The summed E-state index contributed by atoms with van der Waals surface area (Å²) in [5, 5.41) is 11.2. The number of imidazole rings is 1. The number of aliphatic imine (C=N–C) groups is 1. The maximum Gasteiger partial charge on any atom is 0.280 e. The Morgan fingerprint density at radius 1 is 1.00 bits per heavy atom. The highest BCUT2D eigenvalue weighted by Crippen LogP contribution is 2.43. The lowest BCUT2D eigenvalue weighted by atomic mass is 9.80. The molecule has 6 rings (SSSR count). The van der Waals surface area contributed by atoms with Crippen LogP contribution in [0.3, 0.4) is 0 Å². The van der Waals surface area contributed by atoms with Crippen LogP contribution in [-0.2, 0) is 15.1 Å². The van der Waals surface area contributed by atoms with Gasteiger partial charge in [-0.05, 0) is 41.0 Å². The first kappa shape index (κ1) is 31.0. The molecule has 0 unspecified atom stereocenters. The van der Waals surface area contributed by atoms with Gasteiger partial charge < -0.3 is 29.0 Å². The molecule has 0 bridgehead atoms. The molecule has 2 aromatic heterocycles. The zero-order valence-electron chi connectivity index (χ0n) is 26.0. The van der Waals surface area contributed by atoms with E-state index in [1.54, 1.807) is 30.0 Å². The van der Waals surface area contributed by atoms with E-state index in [4.69, 9.17) is 18.9 Å². The zero-order valence-corrected chi connectivity index (χ0v) is 26.0. The third-order valence-electron chi connectivity index (χ3n) is 7.98. The van der Waals surface area contributed by atoms with Crippen LogP contribution < -0.4 is 15.0 Å². The first-order valence-electron chi connectivity index (χ1n) is 14.8. The molecule has 0 spiro atoms. The Morgan fingerprint density at radius 2 is 1.61 bits per heavy atom. The molecule has 5 aromatic rings. The molecule has 1 fully saturated rings. The van der Waals surface area contributed by atoms with Gasteiger partial charge in [-0.2, -0.15) is 4.98 Å². The van der Waals surface area contributed by atoms with Crippen molar-refractivity contribution in [2.75, 3.05) is 34.9 Å². The molecule has 3 atom stereocenters. The number of H-pyrrole nitrogens is 1. The van der Waals surface area contributed by atoms with Crippen molar-refractivity contribution in [2.45, 2.75) is 30.5 Å². The molecule has 238 valence electrons. The van der Waals surface area contributed by atoms with Crippen molar-refractivity contribution in [3.05, 3.63) is 112 Å². The van der Waals surface area contributed by atoms with Crippen molar-refractivity contribution in [2.24, 2.45) is 4.99 Å². The summed E-state index contributed by atoms with van der Waals surface area (Å²) in [5.74, 6) is 1.57. The van der Waals surface area contributed by atoms with E-state index >= 15 is 0 Å². The number of aliphatic hydroxyl groups excluding tert-OH is 1. The number of fused-ring (bicyclic) bond motifs is 1. The van der Waals surface area contributed by atoms with E-state index in [-0.39, 0.29) is 24.5 Å². The number of ether oxygens (including phenoxy) is 4. The van der Waals surface area contributed by atoms with Gasteiger partial charge in [-0.25, -0.2) is 9.98 Å². The van der Waals surface area contributed by atoms with Gasteiger partial charge >= 0.3 is 0 Å². The van der Waals surface area contributed by atoms with Gasteiger partial charge in [0, 0.05) is 20.5 Å². The van der Waals surface area contributed by atoms with Crippen LogP contribution in [0.15, 0.2) is 95.0 Å². The monoisotopic (exact) mass is 624 g/mol. The number of nitrogens with zero attached hydrogens (tertiary/aromatic N) is 5. The van der Waals surface area contributed by atoms with Gasteiger partial charge in [0.15, 0.2) is 11.2 Å². The zero-order chi connectivity index (χ0) is 32.3. The highest BCUT2D eigenvalue weighted by molar-refractivity contribution is 5.71. The van der Waals surface area contributed by atoms with Crippen molar-refractivity contribution in [3.8, 4) is 11.5 Å². The van der Waals surface area contributed by atoms with E-state index in [2.05, 4.69) is 19.9 Å². The SMILES string of the molecule is COc1ccc(C(OC[C@H]2O[C@@H](n3cnc4c(=O)[nH]c(/N=C\N(C)C)nc43)C[C@@H]2O)(c2ccccc2)c2ccc(OC)cc2)cc1. The number of benzene rings is 3. The molecule has 46 heavy (non-hydrogen) atoms. The molecule has 1 saturated heterocycles. The molecular weight excluding hydrogens is 588 g/mol. The van der Waals surface area contributed by atoms with Crippen LogP contribution in [0.1, 0.15) is 29.3 Å². The average molecular weight is 625 g/mol. The Labute approximate surface area is 265 Å². The van der Waals surface area contributed by atoms with Gasteiger partial charge in [0.1, 0.15) is 29.4 Å². The summed E-state index contributed by atoms with van der Waals surface area (Å²) >= 11 is 0. The molecule has 3 aromatic carbocycles. The number of aliphatic hydroxyl groups is 1. The van der Waals surface area contributed by atoms with E-state index in [1.165, 1.54) is 6.33 Å². The maximum absolute atomic E-state index is 12.7. The van der Waals surface area contributed by atoms with Crippen LogP contribution in [0, 0.1) is 0 Å². The Morgan fingerprint density at radius 3 is 2.20 bits per heavy atom. The standard InChI is InChI=1S/C34H36N6O6/c1-39(2)20-36-33-37-31-30(32(42)38-33)35-21-40(31)29-18-27(41)28(46-29)19-45-34(22-8-6-5-7-9-22,23-10-14-25(43-3)15-11-23)24-12-16-26(44-4)17-13-24/h5-17,20-21,27-29,41H,18-19H2,1-4H3,(H,37,38,42)/b36-20-/t27-,28+,29+/m0/s1. The van der Waals surface area contributed by atoms with Gasteiger partial charge in [0.25, 0.3) is 5.56 Å². The minimum Gasteiger partial charge on any atom is -0.497 e. The molecule has 1 aliphatic rings. The molecule has 12 nitrogen and oxygen atoms in total.